The highest BCUT2D eigenvalue weighted by molar-refractivity contribution is 6.05. The number of fused-ring (bicyclic) bond motifs is 3. The number of para-hydroxylation sites is 1. The number of benzene rings is 7. The minimum Gasteiger partial charge on any atom is -0.456 e. The summed E-state index contributed by atoms with van der Waals surface area (Å²) in [5.74, 6) is 0. The zero-order valence-electron chi connectivity index (χ0n) is 31.4. The molecule has 1 nitrogen and oxygen atoms in total. The smallest absolute Gasteiger partial charge is 0.135 e. The van der Waals surface area contributed by atoms with E-state index in [-0.39, 0.29) is 10.8 Å². The molecular formula is C53H46O. The molecule has 1 aromatic heterocycles. The Morgan fingerprint density at radius 1 is 0.537 bits per heavy atom. The fourth-order valence-electron chi connectivity index (χ4n) is 7.80. The van der Waals surface area contributed by atoms with Gasteiger partial charge < -0.3 is 4.42 Å². The van der Waals surface area contributed by atoms with Crippen molar-refractivity contribution in [2.24, 2.45) is 5.41 Å². The van der Waals surface area contributed by atoms with Crippen LogP contribution in [0.4, 0.5) is 0 Å². The van der Waals surface area contributed by atoms with Crippen LogP contribution < -0.4 is 0 Å². The molecule has 1 unspecified atom stereocenters. The van der Waals surface area contributed by atoms with Gasteiger partial charge >= 0.3 is 0 Å². The van der Waals surface area contributed by atoms with E-state index in [0.29, 0.717) is 0 Å². The Kier molecular flexibility index (Phi) is 9.72. The summed E-state index contributed by atoms with van der Waals surface area (Å²) in [6.45, 7) is 6.97. The monoisotopic (exact) mass is 698 g/mol. The van der Waals surface area contributed by atoms with Crippen LogP contribution >= 0.6 is 0 Å². The normalized spacial score (nSPS) is 14.5. The van der Waals surface area contributed by atoms with E-state index < -0.39 is 0 Å². The van der Waals surface area contributed by atoms with Gasteiger partial charge in [-0.05, 0) is 99.5 Å². The summed E-state index contributed by atoms with van der Waals surface area (Å²) in [6, 6.07) is 64.8. The highest BCUT2D eigenvalue weighted by Gasteiger charge is 2.34. The van der Waals surface area contributed by atoms with Gasteiger partial charge in [0.1, 0.15) is 11.2 Å². The molecule has 54 heavy (non-hydrogen) atoms. The molecule has 0 saturated heterocycles. The lowest BCUT2D eigenvalue weighted by Gasteiger charge is -2.35. The molecule has 1 aliphatic carbocycles. The van der Waals surface area contributed by atoms with E-state index in [4.69, 9.17) is 4.42 Å². The van der Waals surface area contributed by atoms with E-state index >= 15 is 0 Å². The molecule has 0 fully saturated rings. The largest absolute Gasteiger partial charge is 0.456 e. The van der Waals surface area contributed by atoms with Crippen molar-refractivity contribution in [1.82, 2.24) is 0 Å². The molecule has 1 aliphatic rings. The van der Waals surface area contributed by atoms with Gasteiger partial charge in [-0.2, -0.15) is 0 Å². The molecule has 1 heteroatoms. The standard InChI is InChI=1S/C34H32.C19H14O/c1-33(2)23-21-27(22-24-33)31-19-10-11-20-32(31)34(3,29-16-8-5-9-17-29)30-18-12-15-28(25-30)26-13-6-4-7-14-26;1-2-6-14(7-3-1)12-15-10-11-19-17(13-15)16-8-4-5-9-18(16)20-19/h4-23,25H,24H2,1-3H3;1-11,13H,12H2. The molecule has 8 aromatic rings. The van der Waals surface area contributed by atoms with Crippen molar-refractivity contribution in [2.45, 2.75) is 39.0 Å². The molecule has 264 valence electrons. The zero-order valence-corrected chi connectivity index (χ0v) is 31.4. The second-order valence-electron chi connectivity index (χ2n) is 15.3. The quantitative estimate of drug-likeness (QED) is 0.151. The Hall–Kier alpha value is -6.18. The summed E-state index contributed by atoms with van der Waals surface area (Å²) in [5.41, 5.74) is 13.5. The summed E-state index contributed by atoms with van der Waals surface area (Å²) in [5, 5.41) is 2.39. The summed E-state index contributed by atoms with van der Waals surface area (Å²) in [6.07, 6.45) is 9.09. The first kappa shape index (κ1) is 34.9. The summed E-state index contributed by atoms with van der Waals surface area (Å²) >= 11 is 0. The molecular weight excluding hydrogens is 653 g/mol. The molecule has 7 aromatic carbocycles. The third kappa shape index (κ3) is 7.23. The van der Waals surface area contributed by atoms with Crippen molar-refractivity contribution in [2.75, 3.05) is 0 Å². The second-order valence-corrected chi connectivity index (χ2v) is 15.3. The minimum atomic E-state index is -0.301. The number of hydrogen-bond donors (Lipinski definition) is 0. The SMILES string of the molecule is CC1(C)C=CC(c2ccccc2C(C)(c2ccccc2)c2cccc(-c3ccccc3)c2)=CC1.c1ccc(Cc2ccc3oc4ccccc4c3c2)cc1. The van der Waals surface area contributed by atoms with Crippen molar-refractivity contribution in [3.05, 3.63) is 234 Å². The van der Waals surface area contributed by atoms with Crippen LogP contribution in [-0.2, 0) is 11.8 Å². The highest BCUT2D eigenvalue weighted by Crippen LogP contribution is 2.44. The Labute approximate surface area is 320 Å². The first-order valence-corrected chi connectivity index (χ1v) is 19.0. The predicted molar refractivity (Wildman–Crippen MR) is 229 cm³/mol. The van der Waals surface area contributed by atoms with Crippen molar-refractivity contribution >= 4 is 27.5 Å². The van der Waals surface area contributed by atoms with Crippen LogP contribution in [0.15, 0.2) is 205 Å². The third-order valence-corrected chi connectivity index (χ3v) is 10.9. The molecule has 0 amide bonds. The van der Waals surface area contributed by atoms with E-state index in [9.17, 15) is 0 Å². The highest BCUT2D eigenvalue weighted by atomic mass is 16.3. The molecule has 1 heterocycles. The lowest BCUT2D eigenvalue weighted by Crippen LogP contribution is -2.27. The first-order valence-electron chi connectivity index (χ1n) is 19.0. The number of allylic oxidation sites excluding steroid dienone is 4. The van der Waals surface area contributed by atoms with Gasteiger partial charge in [0.25, 0.3) is 0 Å². The van der Waals surface area contributed by atoms with Crippen LogP contribution in [0, 0.1) is 5.41 Å². The number of furan rings is 1. The van der Waals surface area contributed by atoms with E-state index in [1.807, 2.05) is 12.1 Å². The molecule has 0 aliphatic heterocycles. The van der Waals surface area contributed by atoms with E-state index in [1.165, 1.54) is 60.9 Å². The fourth-order valence-corrected chi connectivity index (χ4v) is 7.80. The van der Waals surface area contributed by atoms with Crippen LogP contribution in [0.2, 0.25) is 0 Å². The van der Waals surface area contributed by atoms with Crippen molar-refractivity contribution in [3.63, 3.8) is 0 Å². The van der Waals surface area contributed by atoms with Gasteiger partial charge in [-0.15, -0.1) is 0 Å². The Morgan fingerprint density at radius 2 is 1.17 bits per heavy atom. The van der Waals surface area contributed by atoms with Crippen LogP contribution in [0.25, 0.3) is 38.6 Å². The molecule has 0 radical (unpaired) electrons. The molecule has 0 spiro atoms. The van der Waals surface area contributed by atoms with E-state index in [1.54, 1.807) is 0 Å². The predicted octanol–water partition coefficient (Wildman–Crippen LogP) is 14.3. The topological polar surface area (TPSA) is 13.1 Å². The maximum Gasteiger partial charge on any atom is 0.135 e. The summed E-state index contributed by atoms with van der Waals surface area (Å²) < 4.78 is 5.86. The fraction of sp³-hybridized carbons (Fsp3) is 0.132. The van der Waals surface area contributed by atoms with Crippen LogP contribution in [0.1, 0.15) is 60.6 Å². The number of rotatable bonds is 7. The minimum absolute atomic E-state index is 0.213. The third-order valence-electron chi connectivity index (χ3n) is 10.9. The van der Waals surface area contributed by atoms with Gasteiger partial charge in [-0.1, -0.05) is 190 Å². The number of hydrogen-bond acceptors (Lipinski definition) is 1. The Bertz CT molecular complexity index is 2570. The molecule has 9 rings (SSSR count). The van der Waals surface area contributed by atoms with Crippen molar-refractivity contribution < 1.29 is 4.42 Å². The van der Waals surface area contributed by atoms with Gasteiger partial charge in [0, 0.05) is 16.2 Å². The van der Waals surface area contributed by atoms with E-state index in [2.05, 4.69) is 209 Å². The van der Waals surface area contributed by atoms with Gasteiger partial charge in [-0.25, -0.2) is 0 Å². The molecule has 0 bridgehead atoms. The first-order chi connectivity index (χ1) is 26.4. The van der Waals surface area contributed by atoms with Gasteiger partial charge in [0.2, 0.25) is 0 Å². The summed E-state index contributed by atoms with van der Waals surface area (Å²) in [4.78, 5) is 0. The second kappa shape index (κ2) is 15.0. The maximum absolute atomic E-state index is 5.86. The van der Waals surface area contributed by atoms with Crippen molar-refractivity contribution in [1.29, 1.82) is 0 Å². The van der Waals surface area contributed by atoms with Crippen LogP contribution in [-0.4, -0.2) is 0 Å². The Morgan fingerprint density at radius 3 is 1.93 bits per heavy atom. The van der Waals surface area contributed by atoms with Gasteiger partial charge in [-0.3, -0.25) is 0 Å². The summed E-state index contributed by atoms with van der Waals surface area (Å²) in [7, 11) is 0. The zero-order chi connectivity index (χ0) is 37.0. The lowest BCUT2D eigenvalue weighted by atomic mass is 9.68. The van der Waals surface area contributed by atoms with Gasteiger partial charge in [0.15, 0.2) is 0 Å². The maximum atomic E-state index is 5.86. The Balaban J connectivity index is 0.000000175. The van der Waals surface area contributed by atoms with Crippen LogP contribution in [0.3, 0.4) is 0 Å². The van der Waals surface area contributed by atoms with Crippen LogP contribution in [0.5, 0.6) is 0 Å². The lowest BCUT2D eigenvalue weighted by molar-refractivity contribution is 0.485. The average molecular weight is 699 g/mol. The average Bonchev–Trinajstić information content (AvgIpc) is 3.60. The molecule has 0 N–H and O–H groups in total. The molecule has 0 saturated carbocycles. The van der Waals surface area contributed by atoms with Crippen molar-refractivity contribution in [3.8, 4) is 11.1 Å². The van der Waals surface area contributed by atoms with E-state index in [0.717, 1.165) is 24.0 Å². The molecule has 1 atom stereocenters. The van der Waals surface area contributed by atoms with Gasteiger partial charge in [0.05, 0.1) is 0 Å².